The summed E-state index contributed by atoms with van der Waals surface area (Å²) in [5, 5.41) is 10.7. The van der Waals surface area contributed by atoms with Crippen molar-refractivity contribution in [3.63, 3.8) is 0 Å². The molecular formula is C13H25NO2. The van der Waals surface area contributed by atoms with Crippen molar-refractivity contribution in [2.24, 2.45) is 5.92 Å². The standard InChI is InChI=1S/C13H25NO2/c1-11(2)14-7-5-13(15,6-8-14)12-3-9-16-10-4-12/h11-12,15H,3-10H2,1-2H3. The first-order chi connectivity index (χ1) is 7.62. The van der Waals surface area contributed by atoms with Gasteiger partial charge in [0, 0.05) is 32.3 Å². The van der Waals surface area contributed by atoms with Gasteiger partial charge in [-0.1, -0.05) is 0 Å². The fourth-order valence-electron chi connectivity index (χ4n) is 3.07. The molecule has 0 saturated carbocycles. The molecule has 16 heavy (non-hydrogen) atoms. The van der Waals surface area contributed by atoms with Gasteiger partial charge in [-0.3, -0.25) is 0 Å². The molecular weight excluding hydrogens is 202 g/mol. The molecule has 2 heterocycles. The van der Waals surface area contributed by atoms with E-state index in [1.54, 1.807) is 0 Å². The minimum Gasteiger partial charge on any atom is -0.389 e. The molecule has 0 spiro atoms. The maximum atomic E-state index is 10.7. The lowest BCUT2D eigenvalue weighted by Gasteiger charge is -2.45. The minimum atomic E-state index is -0.408. The summed E-state index contributed by atoms with van der Waals surface area (Å²) in [7, 11) is 0. The Kier molecular flexibility index (Phi) is 3.88. The van der Waals surface area contributed by atoms with Gasteiger partial charge in [0.2, 0.25) is 0 Å². The summed E-state index contributed by atoms with van der Waals surface area (Å²) in [6.07, 6.45) is 3.96. The largest absolute Gasteiger partial charge is 0.389 e. The molecule has 0 aromatic rings. The van der Waals surface area contributed by atoms with E-state index in [4.69, 9.17) is 4.74 Å². The Morgan fingerprint density at radius 1 is 1.19 bits per heavy atom. The van der Waals surface area contributed by atoms with Crippen molar-refractivity contribution in [3.05, 3.63) is 0 Å². The smallest absolute Gasteiger partial charge is 0.0701 e. The van der Waals surface area contributed by atoms with Crippen molar-refractivity contribution in [1.82, 2.24) is 4.90 Å². The molecule has 2 aliphatic heterocycles. The number of hydrogen-bond donors (Lipinski definition) is 1. The number of likely N-dealkylation sites (tertiary alicyclic amines) is 1. The van der Waals surface area contributed by atoms with Crippen LogP contribution in [0.3, 0.4) is 0 Å². The maximum absolute atomic E-state index is 10.7. The van der Waals surface area contributed by atoms with Gasteiger partial charge in [0.1, 0.15) is 0 Å². The van der Waals surface area contributed by atoms with E-state index in [9.17, 15) is 5.11 Å². The van der Waals surface area contributed by atoms with Crippen LogP contribution < -0.4 is 0 Å². The summed E-state index contributed by atoms with van der Waals surface area (Å²) in [5.74, 6) is 0.468. The molecule has 0 aromatic carbocycles. The monoisotopic (exact) mass is 227 g/mol. The zero-order valence-electron chi connectivity index (χ0n) is 10.6. The first-order valence-corrected chi connectivity index (χ1v) is 6.66. The molecule has 2 rings (SSSR count). The van der Waals surface area contributed by atoms with Crippen molar-refractivity contribution < 1.29 is 9.84 Å². The van der Waals surface area contributed by atoms with Gasteiger partial charge < -0.3 is 14.7 Å². The zero-order chi connectivity index (χ0) is 11.6. The minimum absolute atomic E-state index is 0.408. The van der Waals surface area contributed by atoms with Gasteiger partial charge in [0.15, 0.2) is 0 Å². The van der Waals surface area contributed by atoms with Crippen LogP contribution in [0.4, 0.5) is 0 Å². The van der Waals surface area contributed by atoms with Crippen LogP contribution in [0.15, 0.2) is 0 Å². The van der Waals surface area contributed by atoms with E-state index in [-0.39, 0.29) is 0 Å². The summed E-state index contributed by atoms with van der Waals surface area (Å²) >= 11 is 0. The van der Waals surface area contributed by atoms with Crippen LogP contribution >= 0.6 is 0 Å². The van der Waals surface area contributed by atoms with E-state index >= 15 is 0 Å². The van der Waals surface area contributed by atoms with E-state index in [2.05, 4.69) is 18.7 Å². The molecule has 0 bridgehead atoms. The van der Waals surface area contributed by atoms with Gasteiger partial charge in [-0.25, -0.2) is 0 Å². The predicted molar refractivity (Wildman–Crippen MR) is 64.4 cm³/mol. The molecule has 0 unspecified atom stereocenters. The van der Waals surface area contributed by atoms with E-state index in [0.717, 1.165) is 52.0 Å². The lowest BCUT2D eigenvalue weighted by molar-refractivity contribution is -0.101. The van der Waals surface area contributed by atoms with Crippen LogP contribution in [-0.2, 0) is 4.74 Å². The Labute approximate surface area is 98.8 Å². The number of aliphatic hydroxyl groups is 1. The first-order valence-electron chi connectivity index (χ1n) is 6.66. The Bertz CT molecular complexity index is 216. The molecule has 1 N–H and O–H groups in total. The van der Waals surface area contributed by atoms with Crippen molar-refractivity contribution >= 4 is 0 Å². The van der Waals surface area contributed by atoms with Gasteiger partial charge in [0.05, 0.1) is 5.60 Å². The fraction of sp³-hybridized carbons (Fsp3) is 1.00. The lowest BCUT2D eigenvalue weighted by atomic mass is 9.75. The van der Waals surface area contributed by atoms with Crippen LogP contribution in [0.25, 0.3) is 0 Å². The number of piperidine rings is 1. The van der Waals surface area contributed by atoms with Crippen LogP contribution in [0, 0.1) is 5.92 Å². The molecule has 2 fully saturated rings. The summed E-state index contributed by atoms with van der Waals surface area (Å²) in [6, 6.07) is 0.610. The topological polar surface area (TPSA) is 32.7 Å². The average Bonchev–Trinajstić information content (AvgIpc) is 2.31. The van der Waals surface area contributed by atoms with E-state index in [1.807, 2.05) is 0 Å². The van der Waals surface area contributed by atoms with Crippen LogP contribution in [-0.4, -0.2) is 48.0 Å². The lowest BCUT2D eigenvalue weighted by Crippen LogP contribution is -2.51. The second-order valence-corrected chi connectivity index (χ2v) is 5.62. The zero-order valence-corrected chi connectivity index (χ0v) is 10.6. The average molecular weight is 227 g/mol. The first kappa shape index (κ1) is 12.3. The number of rotatable bonds is 2. The fourth-order valence-corrected chi connectivity index (χ4v) is 3.07. The highest BCUT2D eigenvalue weighted by Gasteiger charge is 2.40. The molecule has 2 aliphatic rings. The highest BCUT2D eigenvalue weighted by atomic mass is 16.5. The van der Waals surface area contributed by atoms with Crippen LogP contribution in [0.5, 0.6) is 0 Å². The Hall–Kier alpha value is -0.120. The molecule has 94 valence electrons. The second kappa shape index (κ2) is 5.03. The summed E-state index contributed by atoms with van der Waals surface area (Å²) in [5.41, 5.74) is -0.408. The molecule has 0 aromatic heterocycles. The van der Waals surface area contributed by atoms with Crippen LogP contribution in [0.1, 0.15) is 39.5 Å². The van der Waals surface area contributed by atoms with Gasteiger partial charge in [0.25, 0.3) is 0 Å². The molecule has 2 saturated heterocycles. The predicted octanol–water partition coefficient (Wildman–Crippen LogP) is 1.65. The van der Waals surface area contributed by atoms with Crippen molar-refractivity contribution in [3.8, 4) is 0 Å². The normalized spacial score (nSPS) is 28.5. The summed E-state index contributed by atoms with van der Waals surface area (Å²) < 4.78 is 5.37. The van der Waals surface area contributed by atoms with Crippen molar-refractivity contribution in [2.75, 3.05) is 26.3 Å². The molecule has 0 amide bonds. The van der Waals surface area contributed by atoms with Gasteiger partial charge in [-0.2, -0.15) is 0 Å². The third-order valence-corrected chi connectivity index (χ3v) is 4.38. The highest BCUT2D eigenvalue weighted by molar-refractivity contribution is 4.92. The van der Waals surface area contributed by atoms with Crippen LogP contribution in [0.2, 0.25) is 0 Å². The SMILES string of the molecule is CC(C)N1CCC(O)(C2CCOCC2)CC1. The molecule has 3 heteroatoms. The quantitative estimate of drug-likeness (QED) is 0.778. The number of hydrogen-bond acceptors (Lipinski definition) is 3. The third-order valence-electron chi connectivity index (χ3n) is 4.38. The number of ether oxygens (including phenoxy) is 1. The van der Waals surface area contributed by atoms with Gasteiger partial charge in [-0.15, -0.1) is 0 Å². The van der Waals surface area contributed by atoms with Gasteiger partial charge in [-0.05, 0) is 45.4 Å². The van der Waals surface area contributed by atoms with Crippen molar-refractivity contribution in [2.45, 2.75) is 51.2 Å². The summed E-state index contributed by atoms with van der Waals surface area (Å²) in [4.78, 5) is 2.47. The number of nitrogens with zero attached hydrogens (tertiary/aromatic N) is 1. The van der Waals surface area contributed by atoms with E-state index in [0.29, 0.717) is 12.0 Å². The molecule has 0 atom stereocenters. The maximum Gasteiger partial charge on any atom is 0.0701 e. The summed E-state index contributed by atoms with van der Waals surface area (Å²) in [6.45, 7) is 8.23. The van der Waals surface area contributed by atoms with E-state index in [1.165, 1.54) is 0 Å². The van der Waals surface area contributed by atoms with Crippen molar-refractivity contribution in [1.29, 1.82) is 0 Å². The molecule has 0 aliphatic carbocycles. The third kappa shape index (κ3) is 2.58. The Morgan fingerprint density at radius 2 is 1.75 bits per heavy atom. The molecule has 3 nitrogen and oxygen atoms in total. The van der Waals surface area contributed by atoms with E-state index < -0.39 is 5.60 Å². The Morgan fingerprint density at radius 3 is 2.25 bits per heavy atom. The van der Waals surface area contributed by atoms with Gasteiger partial charge >= 0.3 is 0 Å². The Balaban J connectivity index is 1.89. The second-order valence-electron chi connectivity index (χ2n) is 5.62. The highest BCUT2D eigenvalue weighted by Crippen LogP contribution is 2.36. The molecule has 0 radical (unpaired) electrons.